The second-order valence-corrected chi connectivity index (χ2v) is 10.6. The normalized spacial score (nSPS) is 21.2. The molecule has 3 aliphatic heterocycles. The minimum Gasteiger partial charge on any atom is -0.381 e. The van der Waals surface area contributed by atoms with Crippen LogP contribution in [0.2, 0.25) is 0 Å². The summed E-state index contributed by atoms with van der Waals surface area (Å²) in [5.41, 5.74) is -3.08. The van der Waals surface area contributed by atoms with Gasteiger partial charge in [0.15, 0.2) is 0 Å². The van der Waals surface area contributed by atoms with Gasteiger partial charge in [-0.2, -0.15) is 13.2 Å². The number of urea groups is 1. The van der Waals surface area contributed by atoms with E-state index in [1.807, 2.05) is 0 Å². The lowest BCUT2D eigenvalue weighted by Crippen LogP contribution is -2.62. The maximum absolute atomic E-state index is 14.3. The van der Waals surface area contributed by atoms with Gasteiger partial charge in [-0.25, -0.2) is 9.18 Å². The molecule has 0 aliphatic carbocycles. The van der Waals surface area contributed by atoms with Crippen LogP contribution >= 0.6 is 0 Å². The third-order valence-corrected chi connectivity index (χ3v) is 7.87. The van der Waals surface area contributed by atoms with Gasteiger partial charge in [-0.15, -0.1) is 0 Å². The minimum absolute atomic E-state index is 0.127. The highest BCUT2D eigenvalue weighted by Crippen LogP contribution is 2.40. The number of benzene rings is 1. The van der Waals surface area contributed by atoms with Gasteiger partial charge < -0.3 is 19.9 Å². The van der Waals surface area contributed by atoms with Crippen LogP contribution < -0.4 is 5.32 Å². The number of halogens is 4. The van der Waals surface area contributed by atoms with Crippen LogP contribution in [0.1, 0.15) is 55.5 Å². The van der Waals surface area contributed by atoms with Crippen molar-refractivity contribution in [2.24, 2.45) is 5.92 Å². The summed E-state index contributed by atoms with van der Waals surface area (Å²) < 4.78 is 59.0. The summed E-state index contributed by atoms with van der Waals surface area (Å²) in [5, 5.41) is 2.40. The molecule has 1 unspecified atom stereocenters. The Morgan fingerprint density at radius 3 is 2.28 bits per heavy atom. The van der Waals surface area contributed by atoms with Gasteiger partial charge in [-0.3, -0.25) is 19.3 Å². The van der Waals surface area contributed by atoms with Gasteiger partial charge in [-0.05, 0) is 49.8 Å². The molecule has 1 atom stereocenters. The Balaban J connectivity index is 1.49. The molecule has 4 rings (SSSR count). The molecule has 1 spiro atoms. The van der Waals surface area contributed by atoms with Gasteiger partial charge in [0.2, 0.25) is 5.91 Å². The number of imide groups is 1. The van der Waals surface area contributed by atoms with Crippen molar-refractivity contribution in [2.45, 2.75) is 63.3 Å². The Kier molecular flexibility index (Phi) is 7.93. The van der Waals surface area contributed by atoms with Crippen molar-refractivity contribution in [3.8, 4) is 0 Å². The first-order valence-corrected chi connectivity index (χ1v) is 12.9. The van der Waals surface area contributed by atoms with Crippen LogP contribution in [0.25, 0.3) is 0 Å². The molecular formula is C26H32F4N4O5. The van der Waals surface area contributed by atoms with E-state index >= 15 is 0 Å². The second-order valence-electron chi connectivity index (χ2n) is 10.6. The smallest absolute Gasteiger partial charge is 0.381 e. The first kappa shape index (κ1) is 28.8. The summed E-state index contributed by atoms with van der Waals surface area (Å²) in [5.74, 6) is -3.56. The maximum Gasteiger partial charge on any atom is 0.416 e. The van der Waals surface area contributed by atoms with E-state index in [-0.39, 0.29) is 43.9 Å². The Hall–Kier alpha value is -3.22. The molecule has 0 radical (unpaired) electrons. The molecule has 1 aromatic rings. The highest BCUT2D eigenvalue weighted by Gasteiger charge is 2.59. The van der Waals surface area contributed by atoms with E-state index in [2.05, 4.69) is 5.32 Å². The molecule has 0 bridgehead atoms. The number of likely N-dealkylation sites (tertiary alicyclic amines) is 1. The number of carbonyl (C=O) groups is 4. The molecule has 9 nitrogen and oxygen atoms in total. The van der Waals surface area contributed by atoms with Gasteiger partial charge in [0.1, 0.15) is 17.4 Å². The van der Waals surface area contributed by atoms with E-state index in [9.17, 15) is 36.7 Å². The number of ether oxygens (including phenoxy) is 1. The zero-order chi connectivity index (χ0) is 28.7. The predicted molar refractivity (Wildman–Crippen MR) is 130 cm³/mol. The lowest BCUT2D eigenvalue weighted by atomic mass is 9.83. The predicted octanol–water partition coefficient (Wildman–Crippen LogP) is 3.03. The zero-order valence-electron chi connectivity index (χ0n) is 22.0. The molecule has 0 saturated carbocycles. The van der Waals surface area contributed by atoms with Crippen molar-refractivity contribution in [3.63, 3.8) is 0 Å². The second kappa shape index (κ2) is 10.7. The van der Waals surface area contributed by atoms with Crippen LogP contribution in [0.15, 0.2) is 18.2 Å². The van der Waals surface area contributed by atoms with Crippen LogP contribution in [0, 0.1) is 11.7 Å². The van der Waals surface area contributed by atoms with Crippen LogP contribution in [-0.2, 0) is 20.5 Å². The molecule has 5 amide bonds. The van der Waals surface area contributed by atoms with Gasteiger partial charge in [0.05, 0.1) is 11.1 Å². The van der Waals surface area contributed by atoms with E-state index in [4.69, 9.17) is 4.74 Å². The van der Waals surface area contributed by atoms with Crippen molar-refractivity contribution in [3.05, 3.63) is 35.1 Å². The fourth-order valence-electron chi connectivity index (χ4n) is 5.65. The largest absolute Gasteiger partial charge is 0.416 e. The van der Waals surface area contributed by atoms with Gasteiger partial charge in [-0.1, -0.05) is 13.8 Å². The third kappa shape index (κ3) is 5.32. The van der Waals surface area contributed by atoms with Crippen molar-refractivity contribution in [1.82, 2.24) is 20.0 Å². The fraction of sp³-hybridized carbons (Fsp3) is 0.615. The molecule has 13 heteroatoms. The molecule has 3 aliphatic rings. The first-order chi connectivity index (χ1) is 18.3. The Morgan fingerprint density at radius 1 is 1.10 bits per heavy atom. The number of likely N-dealkylation sites (N-methyl/N-ethyl adjacent to an activating group) is 1. The van der Waals surface area contributed by atoms with Crippen molar-refractivity contribution < 1.29 is 41.5 Å². The van der Waals surface area contributed by atoms with Crippen molar-refractivity contribution >= 4 is 23.8 Å². The maximum atomic E-state index is 14.3. The summed E-state index contributed by atoms with van der Waals surface area (Å²) in [7, 11) is 1.44. The topological polar surface area (TPSA) is 99.3 Å². The van der Waals surface area contributed by atoms with E-state index < -0.39 is 52.4 Å². The molecule has 39 heavy (non-hydrogen) atoms. The average molecular weight is 557 g/mol. The first-order valence-electron chi connectivity index (χ1n) is 12.9. The number of nitrogens with one attached hydrogen (secondary N) is 1. The van der Waals surface area contributed by atoms with Gasteiger partial charge in [0.25, 0.3) is 11.8 Å². The fourth-order valence-corrected chi connectivity index (χ4v) is 5.65. The molecule has 3 saturated heterocycles. The van der Waals surface area contributed by atoms with Crippen LogP contribution in [-0.4, -0.2) is 89.4 Å². The molecule has 0 aromatic heterocycles. The Bertz CT molecular complexity index is 1140. The van der Waals surface area contributed by atoms with Crippen LogP contribution in [0.5, 0.6) is 0 Å². The van der Waals surface area contributed by atoms with Crippen LogP contribution in [0.3, 0.4) is 0 Å². The third-order valence-electron chi connectivity index (χ3n) is 7.87. The highest BCUT2D eigenvalue weighted by atomic mass is 19.4. The van der Waals surface area contributed by atoms with Crippen molar-refractivity contribution in [1.29, 1.82) is 0 Å². The minimum atomic E-state index is -4.77. The molecule has 3 heterocycles. The lowest BCUT2D eigenvalue weighted by molar-refractivity contribution is -0.143. The number of alkyl halides is 3. The Labute approximate surface area is 223 Å². The average Bonchev–Trinajstić information content (AvgIpc) is 3.07. The summed E-state index contributed by atoms with van der Waals surface area (Å²) in [6.45, 7) is 4.52. The van der Waals surface area contributed by atoms with E-state index in [1.54, 1.807) is 18.7 Å². The van der Waals surface area contributed by atoms with E-state index in [0.717, 1.165) is 4.90 Å². The molecule has 1 aromatic carbocycles. The molecule has 1 N–H and O–H groups in total. The number of hydrogen-bond donors (Lipinski definition) is 1. The standard InChI is InChI=1S/C26H32F4N4O5/c1-15(2)20(31-21(35)18-14-16(26(28,29)30)4-5-19(18)27)22(36)33-10-8-25(9-11-33)23(37)32(3)24(38)34(25)17-6-12-39-13-7-17/h4-5,14-15,17,20H,6-13H2,1-3H3,(H,31,35). The monoisotopic (exact) mass is 556 g/mol. The highest BCUT2D eigenvalue weighted by molar-refractivity contribution is 6.07. The SMILES string of the molecule is CC(C)C(NC(=O)c1cc(C(F)(F)F)ccc1F)C(=O)N1CCC2(CC1)C(=O)N(C)C(=O)N2C1CCOCC1. The summed E-state index contributed by atoms with van der Waals surface area (Å²) in [4.78, 5) is 56.8. The summed E-state index contributed by atoms with van der Waals surface area (Å²) in [6, 6.07) is -0.155. The Morgan fingerprint density at radius 2 is 1.72 bits per heavy atom. The number of nitrogens with zero attached hydrogens (tertiary/aromatic N) is 3. The summed E-state index contributed by atoms with van der Waals surface area (Å²) >= 11 is 0. The van der Waals surface area contributed by atoms with Gasteiger partial charge in [0, 0.05) is 39.4 Å². The zero-order valence-corrected chi connectivity index (χ0v) is 22.0. The molecule has 214 valence electrons. The van der Waals surface area contributed by atoms with E-state index in [0.29, 0.717) is 44.3 Å². The molecular weight excluding hydrogens is 524 g/mol. The number of piperidine rings is 1. The lowest BCUT2D eigenvalue weighted by Gasteiger charge is -2.46. The van der Waals surface area contributed by atoms with Crippen molar-refractivity contribution in [2.75, 3.05) is 33.4 Å². The molecule has 3 fully saturated rings. The number of hydrogen-bond acceptors (Lipinski definition) is 5. The summed E-state index contributed by atoms with van der Waals surface area (Å²) in [6.07, 6.45) is -3.17. The number of carbonyl (C=O) groups excluding carboxylic acids is 4. The van der Waals surface area contributed by atoms with E-state index in [1.165, 1.54) is 11.9 Å². The van der Waals surface area contributed by atoms with Crippen LogP contribution in [0.4, 0.5) is 22.4 Å². The number of amides is 5. The van der Waals surface area contributed by atoms with Gasteiger partial charge >= 0.3 is 12.2 Å². The number of rotatable bonds is 5. The quantitative estimate of drug-likeness (QED) is 0.444.